The number of H-pyrrole nitrogens is 2. The SMILES string of the molecule is CC(C)(C)OC(=O)Nc1cc(-c2cccc(-c3ccc(C(=O)N4CCN(C(=O)C5(O)CC5)CC4)cc3)c2)[nH]n1.Nc1cc(-c2cccc(-c3ccc(C(=O)N4CCN(C(=O)C5(O)CC5)CC4)cc3)c2)[nH]n1. The van der Waals surface area contributed by atoms with Gasteiger partial charge in [-0.15, -0.1) is 0 Å². The van der Waals surface area contributed by atoms with E-state index >= 15 is 0 Å². The molecule has 0 bridgehead atoms. The van der Waals surface area contributed by atoms with Gasteiger partial charge in [-0.05, 0) is 105 Å². The van der Waals surface area contributed by atoms with Gasteiger partial charge < -0.3 is 40.3 Å². The van der Waals surface area contributed by atoms with Crippen molar-refractivity contribution in [1.29, 1.82) is 0 Å². The Morgan fingerprint density at radius 3 is 1.34 bits per heavy atom. The molecule has 4 aliphatic rings. The van der Waals surface area contributed by atoms with E-state index in [-0.39, 0.29) is 23.6 Å². The fraction of sp³-hybridized carbons (Fsp3) is 0.340. The Bertz CT molecular complexity index is 2940. The highest BCUT2D eigenvalue weighted by molar-refractivity contribution is 5.96. The number of carbonyl (C=O) groups excluding carboxylic acids is 5. The predicted octanol–water partition coefficient (Wildman–Crippen LogP) is 6.04. The number of aliphatic hydroxyl groups is 2. The van der Waals surface area contributed by atoms with Crippen LogP contribution in [0, 0.1) is 0 Å². The number of amides is 5. The molecule has 18 nitrogen and oxygen atoms in total. The van der Waals surface area contributed by atoms with Gasteiger partial charge >= 0.3 is 6.09 Å². The smallest absolute Gasteiger partial charge is 0.413 e. The van der Waals surface area contributed by atoms with Gasteiger partial charge in [-0.2, -0.15) is 10.2 Å². The molecule has 4 heterocycles. The van der Waals surface area contributed by atoms with E-state index < -0.39 is 22.9 Å². The first-order valence-electron chi connectivity index (χ1n) is 23.8. The summed E-state index contributed by atoms with van der Waals surface area (Å²) in [5.74, 6) is 0.273. The summed E-state index contributed by atoms with van der Waals surface area (Å²) >= 11 is 0. The van der Waals surface area contributed by atoms with Crippen molar-refractivity contribution in [2.24, 2.45) is 0 Å². The number of ether oxygens (including phenoxy) is 1. The second kappa shape index (κ2) is 19.5. The Hall–Kier alpha value is -7.83. The lowest BCUT2D eigenvalue weighted by Gasteiger charge is -2.35. The molecule has 0 spiro atoms. The Labute approximate surface area is 410 Å². The molecule has 4 aromatic carbocycles. The fourth-order valence-corrected chi connectivity index (χ4v) is 8.61. The first-order chi connectivity index (χ1) is 33.9. The van der Waals surface area contributed by atoms with Crippen molar-refractivity contribution in [3.8, 4) is 44.8 Å². The number of benzene rings is 4. The third-order valence-electron chi connectivity index (χ3n) is 13.0. The van der Waals surface area contributed by atoms with Gasteiger partial charge in [0.15, 0.2) is 5.82 Å². The number of aromatic nitrogens is 4. The minimum absolute atomic E-state index is 0.0459. The van der Waals surface area contributed by atoms with Gasteiger partial charge in [0, 0.05) is 86.7 Å². The number of rotatable bonds is 9. The molecule has 2 aliphatic heterocycles. The second-order valence-electron chi connectivity index (χ2n) is 19.5. The number of piperazine rings is 2. The molecule has 6 aromatic rings. The van der Waals surface area contributed by atoms with E-state index in [0.29, 0.717) is 101 Å². The monoisotopic (exact) mass is 962 g/mol. The molecule has 2 saturated carbocycles. The molecule has 0 unspecified atom stereocenters. The van der Waals surface area contributed by atoms with Gasteiger partial charge in [0.25, 0.3) is 23.6 Å². The van der Waals surface area contributed by atoms with Crippen LogP contribution in [0.4, 0.5) is 16.4 Å². The quantitative estimate of drug-likeness (QED) is 0.0977. The minimum Gasteiger partial charge on any atom is -0.444 e. The summed E-state index contributed by atoms with van der Waals surface area (Å²) in [5.41, 5.74) is 11.4. The van der Waals surface area contributed by atoms with Gasteiger partial charge in [0.1, 0.15) is 22.6 Å². The number of nitrogens with two attached hydrogens (primary N) is 1. The average molecular weight is 963 g/mol. The van der Waals surface area contributed by atoms with Gasteiger partial charge in [-0.25, -0.2) is 4.79 Å². The van der Waals surface area contributed by atoms with Crippen molar-refractivity contribution >= 4 is 41.4 Å². The number of hydrogen-bond donors (Lipinski definition) is 6. The van der Waals surface area contributed by atoms with Crippen molar-refractivity contribution in [2.45, 2.75) is 63.3 Å². The molecular formula is C53H58N10O8. The standard InChI is InChI=1S/C29H33N5O5.C24H25N5O3/c1-28(2,3)39-27(37)30-24-18-23(31-32-24)22-6-4-5-21(17-22)19-7-9-20(10-8-19)25(35)33-13-15-34(16-14-33)26(36)29(38)11-12-29;25-21-15-20(26-27-21)19-3-1-2-18(14-19)16-4-6-17(7-5-16)22(30)28-10-12-29(13-11-28)23(31)24(32)8-9-24/h4-10,17-18,38H,11-16H2,1-3H3,(H2,30,31,32,37);1-7,14-15,32H,8-13H2,(H3,25,26,27). The number of nitrogens with one attached hydrogen (secondary N) is 3. The first-order valence-corrected chi connectivity index (χ1v) is 23.8. The molecule has 7 N–H and O–H groups in total. The van der Waals surface area contributed by atoms with Crippen LogP contribution in [0.3, 0.4) is 0 Å². The molecule has 4 fully saturated rings. The van der Waals surface area contributed by atoms with Gasteiger partial charge in [-0.1, -0.05) is 60.7 Å². The molecule has 71 heavy (non-hydrogen) atoms. The maximum absolute atomic E-state index is 13.1. The molecule has 18 heteroatoms. The number of hydrogen-bond acceptors (Lipinski definition) is 11. The van der Waals surface area contributed by atoms with Crippen molar-refractivity contribution in [3.63, 3.8) is 0 Å². The van der Waals surface area contributed by atoms with Crippen LogP contribution in [0.25, 0.3) is 44.8 Å². The third kappa shape index (κ3) is 11.3. The van der Waals surface area contributed by atoms with Crippen LogP contribution in [0.5, 0.6) is 0 Å². The molecule has 2 saturated heterocycles. The maximum atomic E-state index is 13.1. The van der Waals surface area contributed by atoms with Crippen molar-refractivity contribution in [1.82, 2.24) is 40.0 Å². The molecular weight excluding hydrogens is 905 g/mol. The highest BCUT2D eigenvalue weighted by atomic mass is 16.6. The van der Waals surface area contributed by atoms with E-state index in [4.69, 9.17) is 10.5 Å². The summed E-state index contributed by atoms with van der Waals surface area (Å²) < 4.78 is 5.27. The summed E-state index contributed by atoms with van der Waals surface area (Å²) in [6.07, 6.45) is 1.55. The summed E-state index contributed by atoms with van der Waals surface area (Å²) in [5, 5.41) is 36.7. The van der Waals surface area contributed by atoms with Crippen LogP contribution in [0.15, 0.2) is 109 Å². The minimum atomic E-state index is -1.17. The van der Waals surface area contributed by atoms with Gasteiger partial charge in [0.05, 0.1) is 11.4 Å². The Morgan fingerprint density at radius 2 is 0.944 bits per heavy atom. The number of carbonyl (C=O) groups is 5. The third-order valence-corrected chi connectivity index (χ3v) is 13.0. The zero-order chi connectivity index (χ0) is 50.1. The predicted molar refractivity (Wildman–Crippen MR) is 267 cm³/mol. The largest absolute Gasteiger partial charge is 0.444 e. The van der Waals surface area contributed by atoms with Gasteiger partial charge in [0.2, 0.25) is 0 Å². The van der Waals surface area contributed by atoms with E-state index in [1.54, 1.807) is 52.5 Å². The Kier molecular flexibility index (Phi) is 13.3. The maximum Gasteiger partial charge on any atom is 0.413 e. The zero-order valence-electron chi connectivity index (χ0n) is 40.0. The first kappa shape index (κ1) is 48.2. The lowest BCUT2D eigenvalue weighted by molar-refractivity contribution is -0.144. The summed E-state index contributed by atoms with van der Waals surface area (Å²) in [7, 11) is 0. The van der Waals surface area contributed by atoms with Crippen LogP contribution >= 0.6 is 0 Å². The highest BCUT2D eigenvalue weighted by Gasteiger charge is 2.51. The normalized spacial score (nSPS) is 16.9. The van der Waals surface area contributed by atoms with E-state index in [9.17, 15) is 34.2 Å². The molecule has 5 amide bonds. The molecule has 0 atom stereocenters. The number of aromatic amines is 2. The van der Waals surface area contributed by atoms with Crippen LogP contribution in [-0.4, -0.2) is 149 Å². The number of anilines is 2. The molecule has 0 radical (unpaired) electrons. The molecule has 2 aromatic heterocycles. The van der Waals surface area contributed by atoms with E-state index in [0.717, 1.165) is 44.8 Å². The molecule has 2 aliphatic carbocycles. The van der Waals surface area contributed by atoms with E-state index in [1.165, 1.54) is 0 Å². The Morgan fingerprint density at radius 1 is 0.549 bits per heavy atom. The zero-order valence-corrected chi connectivity index (χ0v) is 40.0. The summed E-state index contributed by atoms with van der Waals surface area (Å²) in [4.78, 5) is 69.5. The number of nitrogens with zero attached hydrogens (tertiary/aromatic N) is 6. The van der Waals surface area contributed by atoms with Crippen molar-refractivity contribution in [2.75, 3.05) is 63.4 Å². The Balaban J connectivity index is 0.000000179. The highest BCUT2D eigenvalue weighted by Crippen LogP contribution is 2.38. The lowest BCUT2D eigenvalue weighted by Crippen LogP contribution is -2.53. The fourth-order valence-electron chi connectivity index (χ4n) is 8.61. The van der Waals surface area contributed by atoms with Crippen LogP contribution in [0.1, 0.15) is 67.2 Å². The number of nitrogen functional groups attached to an aromatic ring is 1. The van der Waals surface area contributed by atoms with E-state index in [2.05, 4.69) is 25.7 Å². The average Bonchev–Trinajstić information content (AvgIpc) is 4.20. The van der Waals surface area contributed by atoms with Gasteiger partial charge in [-0.3, -0.25) is 34.7 Å². The van der Waals surface area contributed by atoms with Crippen LogP contribution < -0.4 is 11.1 Å². The van der Waals surface area contributed by atoms with Crippen molar-refractivity contribution < 1.29 is 38.9 Å². The lowest BCUT2D eigenvalue weighted by atomic mass is 10.0. The topological polar surface area (TPSA) is 243 Å². The van der Waals surface area contributed by atoms with Crippen molar-refractivity contribution in [3.05, 3.63) is 120 Å². The van der Waals surface area contributed by atoms with Crippen LogP contribution in [0.2, 0.25) is 0 Å². The summed E-state index contributed by atoms with van der Waals surface area (Å²) in [6, 6.07) is 34.4. The summed E-state index contributed by atoms with van der Waals surface area (Å²) in [6.45, 7) is 8.98. The molecule has 10 rings (SSSR count). The molecule has 368 valence electrons. The second-order valence-corrected chi connectivity index (χ2v) is 19.5. The van der Waals surface area contributed by atoms with Crippen LogP contribution in [-0.2, 0) is 14.3 Å². The van der Waals surface area contributed by atoms with E-state index in [1.807, 2.05) is 97.1 Å².